The third-order valence-corrected chi connectivity index (χ3v) is 4.70. The summed E-state index contributed by atoms with van der Waals surface area (Å²) in [4.78, 5) is 19.7. The molecule has 0 spiro atoms. The van der Waals surface area contributed by atoms with E-state index < -0.39 is 47.2 Å². The van der Waals surface area contributed by atoms with E-state index in [1.807, 2.05) is 6.07 Å². The predicted octanol–water partition coefficient (Wildman–Crippen LogP) is 3.29. The van der Waals surface area contributed by atoms with Crippen molar-refractivity contribution >= 4 is 17.4 Å². The van der Waals surface area contributed by atoms with Crippen LogP contribution in [-0.4, -0.2) is 28.8 Å². The van der Waals surface area contributed by atoms with E-state index in [0.717, 1.165) is 19.1 Å². The molecule has 0 saturated carbocycles. The highest BCUT2D eigenvalue weighted by molar-refractivity contribution is 6.02. The van der Waals surface area contributed by atoms with Crippen LogP contribution in [0, 0.1) is 17.1 Å². The molecule has 0 fully saturated rings. The van der Waals surface area contributed by atoms with Gasteiger partial charge in [-0.15, -0.1) is 0 Å². The van der Waals surface area contributed by atoms with Gasteiger partial charge in [-0.2, -0.15) is 5.26 Å². The zero-order valence-corrected chi connectivity index (χ0v) is 15.1. The number of benzene rings is 1. The summed E-state index contributed by atoms with van der Waals surface area (Å²) in [6.45, 7) is 0.956. The Morgan fingerprint density at radius 1 is 1.34 bits per heavy atom. The minimum atomic E-state index is -3.71. The molecule has 150 valence electrons. The summed E-state index contributed by atoms with van der Waals surface area (Å²) in [7, 11) is 0. The minimum Gasteiger partial charge on any atom is -0.385 e. The van der Waals surface area contributed by atoms with E-state index in [1.165, 1.54) is 24.4 Å². The number of alkyl halides is 3. The Balaban J connectivity index is 1.96. The molecule has 3 N–H and O–H groups in total. The van der Waals surface area contributed by atoms with Crippen LogP contribution in [0.4, 0.5) is 23.2 Å². The molecular weight excluding hydrogens is 390 g/mol. The Morgan fingerprint density at radius 2 is 2.07 bits per heavy atom. The normalized spacial score (nSPS) is 23.0. The SMILES string of the molecule is C[C@]1(c2cc(NC(=O)c3ccc(C#N)cn3)ccc2F)N=C(N)C(F)CC1(F)F. The first-order valence-electron chi connectivity index (χ1n) is 8.42. The molecule has 29 heavy (non-hydrogen) atoms. The number of carbonyl (C=O) groups excluding carboxylic acids is 1. The van der Waals surface area contributed by atoms with Crippen LogP contribution < -0.4 is 11.1 Å². The second-order valence-corrected chi connectivity index (χ2v) is 6.68. The third kappa shape index (κ3) is 3.63. The zero-order chi connectivity index (χ0) is 21.4. The van der Waals surface area contributed by atoms with E-state index in [4.69, 9.17) is 11.0 Å². The second kappa shape index (κ2) is 7.16. The number of pyridine rings is 1. The molecule has 0 bridgehead atoms. The van der Waals surface area contributed by atoms with Gasteiger partial charge in [-0.1, -0.05) is 0 Å². The zero-order valence-electron chi connectivity index (χ0n) is 15.1. The Labute approximate surface area is 163 Å². The molecule has 3 rings (SSSR count). The number of nitrogens with one attached hydrogen (secondary N) is 1. The first kappa shape index (κ1) is 20.3. The number of rotatable bonds is 3. The lowest BCUT2D eigenvalue weighted by atomic mass is 9.80. The largest absolute Gasteiger partial charge is 0.385 e. The fraction of sp³-hybridized carbons (Fsp3) is 0.263. The molecule has 1 aliphatic rings. The molecular formula is C19H15F4N5O. The average Bonchev–Trinajstić information content (AvgIpc) is 2.67. The van der Waals surface area contributed by atoms with Crippen molar-refractivity contribution in [2.75, 3.05) is 5.32 Å². The summed E-state index contributed by atoms with van der Waals surface area (Å²) in [6, 6.07) is 7.61. The second-order valence-electron chi connectivity index (χ2n) is 6.68. The van der Waals surface area contributed by atoms with Gasteiger partial charge in [0.25, 0.3) is 11.8 Å². The predicted molar refractivity (Wildman–Crippen MR) is 96.7 cm³/mol. The molecule has 0 aliphatic carbocycles. The number of aliphatic imine (C=N–C) groups is 1. The number of hydrogen-bond acceptors (Lipinski definition) is 5. The maximum Gasteiger partial charge on any atom is 0.279 e. The summed E-state index contributed by atoms with van der Waals surface area (Å²) in [5, 5.41) is 11.2. The average molecular weight is 405 g/mol. The van der Waals surface area contributed by atoms with Gasteiger partial charge in [0, 0.05) is 17.4 Å². The van der Waals surface area contributed by atoms with Gasteiger partial charge < -0.3 is 11.1 Å². The fourth-order valence-corrected chi connectivity index (χ4v) is 2.96. The lowest BCUT2D eigenvalue weighted by Crippen LogP contribution is -2.51. The van der Waals surface area contributed by atoms with Gasteiger partial charge in [-0.05, 0) is 37.3 Å². The summed E-state index contributed by atoms with van der Waals surface area (Å²) < 4.78 is 57.2. The van der Waals surface area contributed by atoms with Crippen molar-refractivity contribution in [1.82, 2.24) is 4.98 Å². The smallest absolute Gasteiger partial charge is 0.279 e. The number of carbonyl (C=O) groups is 1. The first-order chi connectivity index (χ1) is 13.6. The van der Waals surface area contributed by atoms with E-state index in [1.54, 1.807) is 0 Å². The monoisotopic (exact) mass is 405 g/mol. The lowest BCUT2D eigenvalue weighted by Gasteiger charge is -2.39. The van der Waals surface area contributed by atoms with Crippen LogP contribution >= 0.6 is 0 Å². The molecule has 2 heterocycles. The van der Waals surface area contributed by atoms with Gasteiger partial charge in [0.05, 0.1) is 12.0 Å². The van der Waals surface area contributed by atoms with Crippen molar-refractivity contribution in [1.29, 1.82) is 5.26 Å². The van der Waals surface area contributed by atoms with Crippen LogP contribution in [-0.2, 0) is 5.54 Å². The number of amidine groups is 1. The van der Waals surface area contributed by atoms with Crippen LogP contribution in [0.25, 0.3) is 0 Å². The van der Waals surface area contributed by atoms with E-state index in [2.05, 4.69) is 15.3 Å². The summed E-state index contributed by atoms with van der Waals surface area (Å²) in [5.74, 6) is -6.06. The Morgan fingerprint density at radius 3 is 2.69 bits per heavy atom. The number of anilines is 1. The quantitative estimate of drug-likeness (QED) is 0.765. The Hall–Kier alpha value is -3.48. The molecule has 2 atom stereocenters. The van der Waals surface area contributed by atoms with Crippen LogP contribution in [0.3, 0.4) is 0 Å². The molecule has 2 aromatic rings. The third-order valence-electron chi connectivity index (χ3n) is 4.70. The molecule has 1 amide bonds. The first-order valence-corrected chi connectivity index (χ1v) is 8.42. The Bertz CT molecular complexity index is 1030. The molecule has 1 aromatic carbocycles. The molecule has 0 radical (unpaired) electrons. The van der Waals surface area contributed by atoms with Crippen molar-refractivity contribution in [3.05, 3.63) is 59.2 Å². The van der Waals surface area contributed by atoms with E-state index >= 15 is 0 Å². The molecule has 0 saturated heterocycles. The van der Waals surface area contributed by atoms with Crippen molar-refractivity contribution < 1.29 is 22.4 Å². The van der Waals surface area contributed by atoms with E-state index in [-0.39, 0.29) is 16.9 Å². The number of amides is 1. The van der Waals surface area contributed by atoms with Gasteiger partial charge in [-0.3, -0.25) is 9.79 Å². The van der Waals surface area contributed by atoms with Crippen molar-refractivity contribution in [3.8, 4) is 6.07 Å². The topological polar surface area (TPSA) is 104 Å². The van der Waals surface area contributed by atoms with Crippen molar-refractivity contribution in [2.24, 2.45) is 10.7 Å². The highest BCUT2D eigenvalue weighted by Crippen LogP contribution is 2.48. The molecule has 6 nitrogen and oxygen atoms in total. The maximum absolute atomic E-state index is 14.6. The van der Waals surface area contributed by atoms with Gasteiger partial charge >= 0.3 is 0 Å². The fourth-order valence-electron chi connectivity index (χ4n) is 2.96. The number of aromatic nitrogens is 1. The van der Waals surface area contributed by atoms with Gasteiger partial charge in [-0.25, -0.2) is 22.5 Å². The number of nitriles is 1. The number of halogens is 4. The van der Waals surface area contributed by atoms with Crippen LogP contribution in [0.2, 0.25) is 0 Å². The summed E-state index contributed by atoms with van der Waals surface area (Å²) in [5.41, 5.74) is 2.63. The highest BCUT2D eigenvalue weighted by Gasteiger charge is 2.57. The number of nitrogens with zero attached hydrogens (tertiary/aromatic N) is 3. The van der Waals surface area contributed by atoms with Crippen LogP contribution in [0.15, 0.2) is 41.5 Å². The highest BCUT2D eigenvalue weighted by atomic mass is 19.3. The van der Waals surface area contributed by atoms with Gasteiger partial charge in [0.1, 0.15) is 23.4 Å². The van der Waals surface area contributed by atoms with Crippen molar-refractivity contribution in [2.45, 2.75) is 31.0 Å². The number of nitrogens with two attached hydrogens (primary N) is 1. The van der Waals surface area contributed by atoms with Crippen LogP contribution in [0.5, 0.6) is 0 Å². The number of hydrogen-bond donors (Lipinski definition) is 2. The minimum absolute atomic E-state index is 0.00530. The maximum atomic E-state index is 14.6. The van der Waals surface area contributed by atoms with Gasteiger partial charge in [0.15, 0.2) is 11.7 Å². The van der Waals surface area contributed by atoms with Gasteiger partial charge in [0.2, 0.25) is 0 Å². The molecule has 1 aromatic heterocycles. The van der Waals surface area contributed by atoms with E-state index in [0.29, 0.717) is 0 Å². The molecule has 1 unspecified atom stereocenters. The Kier molecular flexibility index (Phi) is 5.00. The molecule has 10 heteroatoms. The van der Waals surface area contributed by atoms with Crippen LogP contribution in [0.1, 0.15) is 35.0 Å². The molecule has 1 aliphatic heterocycles. The van der Waals surface area contributed by atoms with E-state index in [9.17, 15) is 22.4 Å². The van der Waals surface area contributed by atoms with Crippen molar-refractivity contribution in [3.63, 3.8) is 0 Å². The lowest BCUT2D eigenvalue weighted by molar-refractivity contribution is -0.0926. The summed E-state index contributed by atoms with van der Waals surface area (Å²) >= 11 is 0. The summed E-state index contributed by atoms with van der Waals surface area (Å²) in [6.07, 6.45) is -2.17. The standard InChI is InChI=1S/C19H15F4N5O/c1-18(19(22,23)7-14(21)16(25)28-18)12-6-11(3-4-13(12)20)27-17(29)15-5-2-10(8-24)9-26-15/h2-6,9,14H,7H2,1H3,(H2,25,28)(H,27,29)/t14?,18-/m1/s1.